The molecule has 2 heterocycles. The summed E-state index contributed by atoms with van der Waals surface area (Å²) in [4.78, 5) is 29.6. The van der Waals surface area contributed by atoms with Crippen LogP contribution in [0, 0.1) is 5.92 Å². The molecule has 1 atom stereocenters. The smallest absolute Gasteiger partial charge is 0.229 e. The highest BCUT2D eigenvalue weighted by molar-refractivity contribution is 6.29. The SMILES string of the molecule is O=C(Nc1ccc(Cl)nc1)[C@H]1CC(=O)N(C2CC2)C1. The van der Waals surface area contributed by atoms with E-state index in [1.54, 1.807) is 12.1 Å². The van der Waals surface area contributed by atoms with Crippen LogP contribution in [0.3, 0.4) is 0 Å². The second-order valence-electron chi connectivity index (χ2n) is 5.04. The number of hydrogen-bond donors (Lipinski definition) is 1. The van der Waals surface area contributed by atoms with Crippen molar-refractivity contribution < 1.29 is 9.59 Å². The van der Waals surface area contributed by atoms with E-state index in [0.717, 1.165) is 12.8 Å². The van der Waals surface area contributed by atoms with Crippen molar-refractivity contribution in [3.63, 3.8) is 0 Å². The van der Waals surface area contributed by atoms with Crippen molar-refractivity contribution in [1.29, 1.82) is 0 Å². The van der Waals surface area contributed by atoms with Gasteiger partial charge in [-0.25, -0.2) is 4.98 Å². The Bertz CT molecular complexity index is 513. The van der Waals surface area contributed by atoms with Gasteiger partial charge in [-0.05, 0) is 25.0 Å². The molecule has 1 aromatic rings. The van der Waals surface area contributed by atoms with E-state index in [0.29, 0.717) is 29.8 Å². The molecule has 5 nitrogen and oxygen atoms in total. The molecule has 1 aliphatic heterocycles. The van der Waals surface area contributed by atoms with Gasteiger partial charge in [-0.2, -0.15) is 0 Å². The zero-order valence-corrected chi connectivity index (χ0v) is 11.1. The number of carbonyl (C=O) groups excluding carboxylic acids is 2. The van der Waals surface area contributed by atoms with E-state index >= 15 is 0 Å². The second kappa shape index (κ2) is 4.81. The normalized spacial score (nSPS) is 22.7. The second-order valence-corrected chi connectivity index (χ2v) is 5.42. The lowest BCUT2D eigenvalue weighted by Crippen LogP contribution is -2.29. The average molecular weight is 280 g/mol. The first kappa shape index (κ1) is 12.4. The molecule has 6 heteroatoms. The zero-order valence-electron chi connectivity index (χ0n) is 10.3. The van der Waals surface area contributed by atoms with E-state index in [-0.39, 0.29) is 17.7 Å². The lowest BCUT2D eigenvalue weighted by atomic mass is 10.1. The summed E-state index contributed by atoms with van der Waals surface area (Å²) in [5.41, 5.74) is 0.603. The molecule has 1 aliphatic carbocycles. The number of amides is 2. The maximum atomic E-state index is 12.1. The lowest BCUT2D eigenvalue weighted by molar-refractivity contribution is -0.128. The topological polar surface area (TPSA) is 62.3 Å². The van der Waals surface area contributed by atoms with Gasteiger partial charge >= 0.3 is 0 Å². The Labute approximate surface area is 115 Å². The van der Waals surface area contributed by atoms with Crippen molar-refractivity contribution >= 4 is 29.1 Å². The van der Waals surface area contributed by atoms with Gasteiger partial charge in [0, 0.05) is 19.0 Å². The summed E-state index contributed by atoms with van der Waals surface area (Å²) in [6.45, 7) is 0.538. The van der Waals surface area contributed by atoms with Crippen LogP contribution in [-0.4, -0.2) is 34.3 Å². The minimum Gasteiger partial charge on any atom is -0.339 e. The van der Waals surface area contributed by atoms with Crippen molar-refractivity contribution in [2.45, 2.75) is 25.3 Å². The Morgan fingerprint density at radius 3 is 2.84 bits per heavy atom. The fourth-order valence-electron chi connectivity index (χ4n) is 2.34. The van der Waals surface area contributed by atoms with Gasteiger partial charge in [0.2, 0.25) is 11.8 Å². The third kappa shape index (κ3) is 2.71. The first-order valence-electron chi connectivity index (χ1n) is 6.35. The molecule has 0 aromatic carbocycles. The van der Waals surface area contributed by atoms with Gasteiger partial charge in [0.25, 0.3) is 0 Å². The van der Waals surface area contributed by atoms with E-state index < -0.39 is 0 Å². The summed E-state index contributed by atoms with van der Waals surface area (Å²) >= 11 is 5.68. The number of anilines is 1. The quantitative estimate of drug-likeness (QED) is 0.857. The molecule has 19 heavy (non-hydrogen) atoms. The highest BCUT2D eigenvalue weighted by Gasteiger charge is 2.41. The van der Waals surface area contributed by atoms with E-state index in [9.17, 15) is 9.59 Å². The molecule has 3 rings (SSSR count). The third-order valence-corrected chi connectivity index (χ3v) is 3.74. The van der Waals surface area contributed by atoms with Gasteiger partial charge in [0.05, 0.1) is 17.8 Å². The number of aromatic nitrogens is 1. The van der Waals surface area contributed by atoms with E-state index in [1.807, 2.05) is 4.90 Å². The largest absolute Gasteiger partial charge is 0.339 e. The molecule has 0 unspecified atom stereocenters. The summed E-state index contributed by atoms with van der Waals surface area (Å²) in [5, 5.41) is 3.16. The molecule has 1 N–H and O–H groups in total. The number of carbonyl (C=O) groups is 2. The van der Waals surface area contributed by atoms with Gasteiger partial charge in [-0.15, -0.1) is 0 Å². The van der Waals surface area contributed by atoms with Crippen LogP contribution >= 0.6 is 11.6 Å². The first-order valence-corrected chi connectivity index (χ1v) is 6.73. The Morgan fingerprint density at radius 1 is 1.42 bits per heavy atom. The van der Waals surface area contributed by atoms with Crippen LogP contribution in [0.2, 0.25) is 5.15 Å². The number of hydrogen-bond acceptors (Lipinski definition) is 3. The highest BCUT2D eigenvalue weighted by Crippen LogP contribution is 2.32. The Kier molecular flexibility index (Phi) is 3.14. The van der Waals surface area contributed by atoms with Crippen LogP contribution in [0.4, 0.5) is 5.69 Å². The molecule has 1 aromatic heterocycles. The Hall–Kier alpha value is -1.62. The molecule has 1 saturated carbocycles. The first-order chi connectivity index (χ1) is 9.13. The standard InChI is InChI=1S/C13H14ClN3O2/c14-11-4-1-9(6-15-11)16-13(19)8-5-12(18)17(7-8)10-2-3-10/h1,4,6,8,10H,2-3,5,7H2,(H,16,19)/t8-/m0/s1. The van der Waals surface area contributed by atoms with Crippen LogP contribution in [-0.2, 0) is 9.59 Å². The van der Waals surface area contributed by atoms with Crippen LogP contribution in [0.5, 0.6) is 0 Å². The molecule has 2 amide bonds. The van der Waals surface area contributed by atoms with Crippen molar-refractivity contribution in [3.8, 4) is 0 Å². The number of pyridine rings is 1. The molecule has 0 bridgehead atoms. The molecular weight excluding hydrogens is 266 g/mol. The molecule has 1 saturated heterocycles. The number of nitrogens with zero attached hydrogens (tertiary/aromatic N) is 2. The summed E-state index contributed by atoms with van der Waals surface area (Å²) < 4.78 is 0. The Balaban J connectivity index is 1.61. The average Bonchev–Trinajstić information content (AvgIpc) is 3.15. The monoisotopic (exact) mass is 279 g/mol. The lowest BCUT2D eigenvalue weighted by Gasteiger charge is -2.15. The van der Waals surface area contributed by atoms with Gasteiger partial charge in [-0.1, -0.05) is 11.6 Å². The van der Waals surface area contributed by atoms with Crippen LogP contribution in [0.25, 0.3) is 0 Å². The minimum atomic E-state index is -0.260. The number of rotatable bonds is 3. The van der Waals surface area contributed by atoms with E-state index in [2.05, 4.69) is 10.3 Å². The maximum absolute atomic E-state index is 12.1. The van der Waals surface area contributed by atoms with Gasteiger partial charge in [0.1, 0.15) is 5.15 Å². The molecular formula is C13H14ClN3O2. The van der Waals surface area contributed by atoms with Crippen molar-refractivity contribution in [3.05, 3.63) is 23.5 Å². The van der Waals surface area contributed by atoms with Crippen molar-refractivity contribution in [2.75, 3.05) is 11.9 Å². The third-order valence-electron chi connectivity index (χ3n) is 3.51. The summed E-state index contributed by atoms with van der Waals surface area (Å²) in [7, 11) is 0. The number of nitrogens with one attached hydrogen (secondary N) is 1. The maximum Gasteiger partial charge on any atom is 0.229 e. The van der Waals surface area contributed by atoms with E-state index in [1.165, 1.54) is 6.20 Å². The Morgan fingerprint density at radius 2 is 2.21 bits per heavy atom. The van der Waals surface area contributed by atoms with Gasteiger partial charge < -0.3 is 10.2 Å². The molecule has 2 fully saturated rings. The van der Waals surface area contributed by atoms with Crippen molar-refractivity contribution in [2.24, 2.45) is 5.92 Å². The predicted molar refractivity (Wildman–Crippen MR) is 70.7 cm³/mol. The van der Waals surface area contributed by atoms with Gasteiger partial charge in [0.15, 0.2) is 0 Å². The minimum absolute atomic E-state index is 0.0943. The highest BCUT2D eigenvalue weighted by atomic mass is 35.5. The number of halogens is 1. The van der Waals surface area contributed by atoms with E-state index in [4.69, 9.17) is 11.6 Å². The fraction of sp³-hybridized carbons (Fsp3) is 0.462. The molecule has 2 aliphatic rings. The van der Waals surface area contributed by atoms with Crippen LogP contribution in [0.1, 0.15) is 19.3 Å². The molecule has 100 valence electrons. The van der Waals surface area contributed by atoms with Crippen LogP contribution in [0.15, 0.2) is 18.3 Å². The summed E-state index contributed by atoms with van der Waals surface area (Å²) in [5.74, 6) is -0.290. The van der Waals surface area contributed by atoms with Crippen molar-refractivity contribution in [1.82, 2.24) is 9.88 Å². The van der Waals surface area contributed by atoms with Crippen LogP contribution < -0.4 is 5.32 Å². The number of likely N-dealkylation sites (tertiary alicyclic amines) is 1. The molecule has 0 radical (unpaired) electrons. The zero-order chi connectivity index (χ0) is 13.4. The summed E-state index contributed by atoms with van der Waals surface area (Å²) in [6, 6.07) is 3.69. The molecule has 0 spiro atoms. The predicted octanol–water partition coefficient (Wildman–Crippen LogP) is 1.68. The van der Waals surface area contributed by atoms with Gasteiger partial charge in [-0.3, -0.25) is 9.59 Å². The fourth-order valence-corrected chi connectivity index (χ4v) is 2.45. The summed E-state index contributed by atoms with van der Waals surface area (Å²) in [6.07, 6.45) is 3.96.